The zero-order chi connectivity index (χ0) is 13.3. The molecule has 1 fully saturated rings. The Labute approximate surface area is 104 Å². The van der Waals surface area contributed by atoms with Crippen LogP contribution in [0.2, 0.25) is 0 Å². The van der Waals surface area contributed by atoms with Crippen molar-refractivity contribution in [1.29, 1.82) is 0 Å². The molecule has 0 saturated carbocycles. The van der Waals surface area contributed by atoms with Gasteiger partial charge in [0.05, 0.1) is 5.92 Å². The first kappa shape index (κ1) is 12.1. The summed E-state index contributed by atoms with van der Waals surface area (Å²) in [5.74, 6) is -1.71. The van der Waals surface area contributed by atoms with Gasteiger partial charge in [-0.2, -0.15) is 0 Å². The second kappa shape index (κ2) is 4.48. The van der Waals surface area contributed by atoms with Crippen LogP contribution < -0.4 is 16.4 Å². The first-order valence-corrected chi connectivity index (χ1v) is 5.48. The minimum atomic E-state index is -0.560. The number of nitrogens with two attached hydrogens (primary N) is 2. The topological polar surface area (TPSA) is 106 Å². The van der Waals surface area contributed by atoms with Crippen LogP contribution in [-0.4, -0.2) is 24.3 Å². The van der Waals surface area contributed by atoms with E-state index in [4.69, 9.17) is 11.5 Å². The van der Waals surface area contributed by atoms with Crippen LogP contribution in [0.4, 0.5) is 5.69 Å². The maximum Gasteiger partial charge on any atom is 0.248 e. The fourth-order valence-corrected chi connectivity index (χ4v) is 1.97. The second-order valence-electron chi connectivity index (χ2n) is 4.22. The number of nitrogens with zero attached hydrogens (tertiary/aromatic N) is 1. The SMILES string of the molecule is NC(=O)c1cccc(N2C[C@H](C(N)=O)CC2=O)c1. The molecule has 0 radical (unpaired) electrons. The average Bonchev–Trinajstić information content (AvgIpc) is 2.72. The van der Waals surface area contributed by atoms with Gasteiger partial charge in [0.25, 0.3) is 0 Å². The van der Waals surface area contributed by atoms with Gasteiger partial charge >= 0.3 is 0 Å². The summed E-state index contributed by atoms with van der Waals surface area (Å²) in [6.07, 6.45) is 0.107. The van der Waals surface area contributed by atoms with E-state index in [0.29, 0.717) is 11.3 Å². The average molecular weight is 247 g/mol. The molecule has 1 aliphatic rings. The Bertz CT molecular complexity index is 527. The van der Waals surface area contributed by atoms with Gasteiger partial charge < -0.3 is 16.4 Å². The number of amides is 3. The van der Waals surface area contributed by atoms with Crippen molar-refractivity contribution in [3.63, 3.8) is 0 Å². The van der Waals surface area contributed by atoms with Gasteiger partial charge in [-0.05, 0) is 18.2 Å². The van der Waals surface area contributed by atoms with Crippen molar-refractivity contribution in [3.8, 4) is 0 Å². The van der Waals surface area contributed by atoms with Crippen LogP contribution in [0, 0.1) is 5.92 Å². The molecule has 1 heterocycles. The summed E-state index contributed by atoms with van der Waals surface area (Å²) in [6, 6.07) is 6.43. The maximum atomic E-state index is 11.8. The Morgan fingerprint density at radius 2 is 2.00 bits per heavy atom. The molecule has 1 aliphatic heterocycles. The molecule has 0 aromatic heterocycles. The largest absolute Gasteiger partial charge is 0.369 e. The van der Waals surface area contributed by atoms with E-state index in [1.807, 2.05) is 0 Å². The Kier molecular flexibility index (Phi) is 3.01. The number of carbonyl (C=O) groups is 3. The van der Waals surface area contributed by atoms with Gasteiger partial charge in [-0.25, -0.2) is 0 Å². The van der Waals surface area contributed by atoms with Crippen LogP contribution in [0.1, 0.15) is 16.8 Å². The fraction of sp³-hybridized carbons (Fsp3) is 0.250. The number of benzene rings is 1. The molecule has 6 heteroatoms. The third-order valence-electron chi connectivity index (χ3n) is 2.97. The van der Waals surface area contributed by atoms with E-state index in [0.717, 1.165) is 0 Å². The van der Waals surface area contributed by atoms with Crippen LogP contribution in [0.5, 0.6) is 0 Å². The molecule has 6 nitrogen and oxygen atoms in total. The van der Waals surface area contributed by atoms with Gasteiger partial charge in [0.2, 0.25) is 17.7 Å². The van der Waals surface area contributed by atoms with E-state index in [-0.39, 0.29) is 18.9 Å². The number of carbonyl (C=O) groups excluding carboxylic acids is 3. The molecule has 1 atom stereocenters. The van der Waals surface area contributed by atoms with Crippen LogP contribution in [0.25, 0.3) is 0 Å². The highest BCUT2D eigenvalue weighted by atomic mass is 16.2. The quantitative estimate of drug-likeness (QED) is 0.760. The zero-order valence-corrected chi connectivity index (χ0v) is 9.63. The number of hydrogen-bond acceptors (Lipinski definition) is 3. The van der Waals surface area contributed by atoms with Gasteiger partial charge in [0, 0.05) is 24.2 Å². The van der Waals surface area contributed by atoms with E-state index in [2.05, 4.69) is 0 Å². The third kappa shape index (κ3) is 2.17. The molecule has 0 bridgehead atoms. The lowest BCUT2D eigenvalue weighted by molar-refractivity contribution is -0.123. The lowest BCUT2D eigenvalue weighted by Crippen LogP contribution is -2.28. The molecule has 1 aromatic carbocycles. The Hall–Kier alpha value is -2.37. The maximum absolute atomic E-state index is 11.8. The predicted molar refractivity (Wildman–Crippen MR) is 64.6 cm³/mol. The Morgan fingerprint density at radius 3 is 2.56 bits per heavy atom. The summed E-state index contributed by atoms with van der Waals surface area (Å²) in [4.78, 5) is 35.4. The van der Waals surface area contributed by atoms with Crippen molar-refractivity contribution < 1.29 is 14.4 Å². The van der Waals surface area contributed by atoms with Crippen LogP contribution in [0.15, 0.2) is 24.3 Å². The highest BCUT2D eigenvalue weighted by Crippen LogP contribution is 2.25. The molecule has 0 spiro atoms. The van der Waals surface area contributed by atoms with Crippen molar-refractivity contribution in [2.75, 3.05) is 11.4 Å². The van der Waals surface area contributed by atoms with E-state index < -0.39 is 17.7 Å². The van der Waals surface area contributed by atoms with Gasteiger partial charge in [-0.3, -0.25) is 14.4 Å². The molecule has 0 unspecified atom stereocenters. The molecule has 1 saturated heterocycles. The fourth-order valence-electron chi connectivity index (χ4n) is 1.97. The Balaban J connectivity index is 2.27. The summed E-state index contributed by atoms with van der Waals surface area (Å²) in [5, 5.41) is 0. The number of hydrogen-bond donors (Lipinski definition) is 2. The molecule has 94 valence electrons. The highest BCUT2D eigenvalue weighted by molar-refractivity contribution is 6.01. The van der Waals surface area contributed by atoms with Crippen molar-refractivity contribution in [2.45, 2.75) is 6.42 Å². The predicted octanol–water partition coefficient (Wildman–Crippen LogP) is -0.376. The Morgan fingerprint density at radius 1 is 1.28 bits per heavy atom. The molecule has 3 amide bonds. The molecule has 18 heavy (non-hydrogen) atoms. The third-order valence-corrected chi connectivity index (χ3v) is 2.97. The molecule has 2 rings (SSSR count). The van der Waals surface area contributed by atoms with Crippen LogP contribution in [-0.2, 0) is 9.59 Å². The summed E-state index contributed by atoms with van der Waals surface area (Å²) in [5.41, 5.74) is 11.2. The van der Waals surface area contributed by atoms with Gasteiger partial charge in [-0.1, -0.05) is 6.07 Å². The first-order chi connectivity index (χ1) is 8.49. The number of primary amides is 2. The van der Waals surface area contributed by atoms with Gasteiger partial charge in [0.1, 0.15) is 0 Å². The van der Waals surface area contributed by atoms with Crippen molar-refractivity contribution in [2.24, 2.45) is 17.4 Å². The first-order valence-electron chi connectivity index (χ1n) is 5.48. The van der Waals surface area contributed by atoms with Crippen molar-refractivity contribution in [3.05, 3.63) is 29.8 Å². The number of rotatable bonds is 3. The van der Waals surface area contributed by atoms with Crippen molar-refractivity contribution >= 4 is 23.4 Å². The van der Waals surface area contributed by atoms with Crippen molar-refractivity contribution in [1.82, 2.24) is 0 Å². The van der Waals surface area contributed by atoms with Crippen LogP contribution >= 0.6 is 0 Å². The monoisotopic (exact) mass is 247 g/mol. The second-order valence-corrected chi connectivity index (χ2v) is 4.22. The highest BCUT2D eigenvalue weighted by Gasteiger charge is 2.33. The lowest BCUT2D eigenvalue weighted by Gasteiger charge is -2.16. The molecular weight excluding hydrogens is 234 g/mol. The van der Waals surface area contributed by atoms with E-state index in [9.17, 15) is 14.4 Å². The minimum absolute atomic E-state index is 0.107. The molecule has 1 aromatic rings. The van der Waals surface area contributed by atoms with Gasteiger partial charge in [-0.15, -0.1) is 0 Å². The normalized spacial score (nSPS) is 19.0. The molecule has 0 aliphatic carbocycles. The summed E-state index contributed by atoms with van der Waals surface area (Å²) in [6.45, 7) is 0.246. The summed E-state index contributed by atoms with van der Waals surface area (Å²) >= 11 is 0. The smallest absolute Gasteiger partial charge is 0.248 e. The lowest BCUT2D eigenvalue weighted by atomic mass is 10.1. The zero-order valence-electron chi connectivity index (χ0n) is 9.63. The molecular formula is C12H13N3O3. The van der Waals surface area contributed by atoms with E-state index in [1.165, 1.54) is 11.0 Å². The van der Waals surface area contributed by atoms with E-state index >= 15 is 0 Å². The summed E-state index contributed by atoms with van der Waals surface area (Å²) in [7, 11) is 0. The van der Waals surface area contributed by atoms with Crippen LogP contribution in [0.3, 0.4) is 0 Å². The minimum Gasteiger partial charge on any atom is -0.369 e. The standard InChI is InChI=1S/C12H13N3O3/c13-11(17)7-2-1-3-9(4-7)15-6-8(12(14)18)5-10(15)16/h1-4,8H,5-6H2,(H2,13,17)(H2,14,18)/t8-/m1/s1. The number of anilines is 1. The van der Waals surface area contributed by atoms with Gasteiger partial charge in [0.15, 0.2) is 0 Å². The molecule has 4 N–H and O–H groups in total. The van der Waals surface area contributed by atoms with E-state index in [1.54, 1.807) is 18.2 Å². The summed E-state index contributed by atoms with van der Waals surface area (Å²) < 4.78 is 0.